The van der Waals surface area contributed by atoms with Crippen LogP contribution in [0.25, 0.3) is 10.9 Å². The van der Waals surface area contributed by atoms with E-state index in [9.17, 15) is 19.2 Å². The van der Waals surface area contributed by atoms with E-state index in [0.29, 0.717) is 91.1 Å². The van der Waals surface area contributed by atoms with Crippen LogP contribution in [0.4, 0.5) is 4.79 Å². The van der Waals surface area contributed by atoms with Crippen LogP contribution in [0, 0.1) is 12.8 Å². The predicted octanol–water partition coefficient (Wildman–Crippen LogP) is 5.82. The molecule has 1 aromatic heterocycles. The molecule has 2 aliphatic rings. The SMILES string of the molecule is Cc1cc2cc(C(=O)N3CCN(C(=O)[C@@H](NC(=O)[C@H](C)N(C)C(=O)OC(C)(C)C)C4CCCCC4)CC3)ccc2n1CCOCCOCCOCCOCc1ccccc1. The number of aromatic nitrogens is 1. The molecule has 14 nitrogen and oxygen atoms in total. The number of likely N-dealkylation sites (N-methyl/N-ethyl adjacent to an activating group) is 1. The van der Waals surface area contributed by atoms with E-state index in [-0.39, 0.29) is 17.7 Å². The van der Waals surface area contributed by atoms with Gasteiger partial charge in [0.2, 0.25) is 11.8 Å². The molecule has 330 valence electrons. The van der Waals surface area contributed by atoms with Gasteiger partial charge in [0.25, 0.3) is 5.91 Å². The van der Waals surface area contributed by atoms with E-state index in [1.165, 1.54) is 11.9 Å². The van der Waals surface area contributed by atoms with Gasteiger partial charge >= 0.3 is 6.09 Å². The lowest BCUT2D eigenvalue weighted by molar-refractivity contribution is -0.140. The number of nitrogens with zero attached hydrogens (tertiary/aromatic N) is 4. The summed E-state index contributed by atoms with van der Waals surface area (Å²) in [4.78, 5) is 58.8. The van der Waals surface area contributed by atoms with Gasteiger partial charge in [0, 0.05) is 61.9 Å². The van der Waals surface area contributed by atoms with Gasteiger partial charge in [-0.1, -0.05) is 49.6 Å². The maximum atomic E-state index is 14.1. The molecule has 14 heteroatoms. The maximum Gasteiger partial charge on any atom is 0.410 e. The van der Waals surface area contributed by atoms with E-state index < -0.39 is 29.7 Å². The third-order valence-corrected chi connectivity index (χ3v) is 11.2. The van der Waals surface area contributed by atoms with Crippen molar-refractivity contribution in [2.24, 2.45) is 5.92 Å². The zero-order chi connectivity index (χ0) is 43.1. The molecule has 2 heterocycles. The molecule has 2 fully saturated rings. The topological polar surface area (TPSA) is 141 Å². The van der Waals surface area contributed by atoms with E-state index >= 15 is 0 Å². The Balaban J connectivity index is 1.03. The second-order valence-corrected chi connectivity index (χ2v) is 16.9. The molecule has 1 saturated carbocycles. The Hall–Kier alpha value is -4.50. The predicted molar refractivity (Wildman–Crippen MR) is 230 cm³/mol. The van der Waals surface area contributed by atoms with Crippen molar-refractivity contribution in [2.45, 2.75) is 97.6 Å². The molecule has 0 radical (unpaired) electrons. The van der Waals surface area contributed by atoms with Crippen molar-refractivity contribution in [3.8, 4) is 0 Å². The van der Waals surface area contributed by atoms with Gasteiger partial charge in [0.15, 0.2) is 0 Å². The molecule has 4 amide bonds. The zero-order valence-corrected chi connectivity index (χ0v) is 36.6. The summed E-state index contributed by atoms with van der Waals surface area (Å²) >= 11 is 0. The highest BCUT2D eigenvalue weighted by Gasteiger charge is 2.37. The van der Waals surface area contributed by atoms with Gasteiger partial charge in [-0.05, 0) is 83.2 Å². The lowest BCUT2D eigenvalue weighted by Gasteiger charge is -2.39. The van der Waals surface area contributed by atoms with Crippen LogP contribution in [0.15, 0.2) is 54.6 Å². The monoisotopic (exact) mass is 833 g/mol. The highest BCUT2D eigenvalue weighted by molar-refractivity contribution is 5.98. The number of carbonyl (C=O) groups is 4. The van der Waals surface area contributed by atoms with E-state index in [0.717, 1.165) is 54.3 Å². The Bertz CT molecular complexity index is 1830. The fourth-order valence-electron chi connectivity index (χ4n) is 7.72. The van der Waals surface area contributed by atoms with Crippen LogP contribution >= 0.6 is 0 Å². The van der Waals surface area contributed by atoms with E-state index in [1.54, 1.807) is 37.5 Å². The van der Waals surface area contributed by atoms with Crippen molar-refractivity contribution in [1.82, 2.24) is 24.6 Å². The summed E-state index contributed by atoms with van der Waals surface area (Å²) in [7, 11) is 1.53. The highest BCUT2D eigenvalue weighted by atomic mass is 16.6. The number of amides is 4. The fourth-order valence-corrected chi connectivity index (χ4v) is 7.72. The van der Waals surface area contributed by atoms with Gasteiger partial charge in [0.1, 0.15) is 17.7 Å². The third kappa shape index (κ3) is 13.8. The third-order valence-electron chi connectivity index (χ3n) is 11.2. The second-order valence-electron chi connectivity index (χ2n) is 16.9. The maximum absolute atomic E-state index is 14.1. The number of rotatable bonds is 20. The molecule has 5 rings (SSSR count). The molecule has 2 atom stereocenters. The summed E-state index contributed by atoms with van der Waals surface area (Å²) in [5.41, 5.74) is 3.16. The summed E-state index contributed by atoms with van der Waals surface area (Å²) < 4.78 is 30.4. The van der Waals surface area contributed by atoms with Gasteiger partial charge in [-0.25, -0.2) is 4.79 Å². The number of nitrogens with one attached hydrogen (secondary N) is 1. The van der Waals surface area contributed by atoms with Gasteiger partial charge in [-0.3, -0.25) is 19.3 Å². The van der Waals surface area contributed by atoms with E-state index in [1.807, 2.05) is 48.5 Å². The van der Waals surface area contributed by atoms with Crippen LogP contribution in [0.5, 0.6) is 0 Å². The number of benzene rings is 2. The number of hydrogen-bond donors (Lipinski definition) is 1. The molecule has 1 aliphatic carbocycles. The minimum Gasteiger partial charge on any atom is -0.444 e. The van der Waals surface area contributed by atoms with Crippen molar-refractivity contribution in [3.63, 3.8) is 0 Å². The average molecular weight is 834 g/mol. The Kier molecular flexibility index (Phi) is 17.8. The number of carbonyl (C=O) groups excluding carboxylic acids is 4. The standard InChI is InChI=1S/C46H67N5O9/c1-34-31-39-32-38(17-18-40(39)51(34)23-24-56-25-26-57-27-28-58-29-30-59-33-36-13-9-7-10-14-36)43(53)49-19-21-50(22-20-49)44(54)41(37-15-11-8-12-16-37)47-42(52)35(2)48(6)45(55)60-46(3,4)5/h7,9-10,13-14,17-18,31-32,35,37,41H,8,11-12,15-16,19-30,33H2,1-6H3,(H,47,52)/t35-,41-/m0/s1. The first-order chi connectivity index (χ1) is 28.8. The van der Waals surface area contributed by atoms with Crippen molar-refractivity contribution in [2.75, 3.05) is 79.5 Å². The minimum absolute atomic E-state index is 0.00917. The summed E-state index contributed by atoms with van der Waals surface area (Å²) in [5.74, 6) is -0.593. The highest BCUT2D eigenvalue weighted by Crippen LogP contribution is 2.28. The Morgan fingerprint density at radius 3 is 2.02 bits per heavy atom. The Morgan fingerprint density at radius 2 is 1.38 bits per heavy atom. The van der Waals surface area contributed by atoms with E-state index in [2.05, 4.69) is 22.9 Å². The molecule has 3 aromatic rings. The van der Waals surface area contributed by atoms with Gasteiger partial charge in [-0.15, -0.1) is 0 Å². The van der Waals surface area contributed by atoms with E-state index in [4.69, 9.17) is 23.7 Å². The lowest BCUT2D eigenvalue weighted by Crippen LogP contribution is -2.59. The van der Waals surface area contributed by atoms with Gasteiger partial charge < -0.3 is 43.4 Å². The largest absolute Gasteiger partial charge is 0.444 e. The molecule has 1 aliphatic heterocycles. The van der Waals surface area contributed by atoms with Crippen LogP contribution in [0.2, 0.25) is 0 Å². The first-order valence-corrected chi connectivity index (χ1v) is 21.6. The molecule has 0 bridgehead atoms. The summed E-state index contributed by atoms with van der Waals surface area (Å²) in [6.07, 6.45) is 4.21. The Labute approximate surface area is 355 Å². The number of piperazine rings is 1. The molecule has 0 unspecified atom stereocenters. The van der Waals surface area contributed by atoms with Crippen LogP contribution < -0.4 is 5.32 Å². The molecular formula is C46H67N5O9. The lowest BCUT2D eigenvalue weighted by atomic mass is 9.83. The minimum atomic E-state index is -0.830. The van der Waals surface area contributed by atoms with Crippen LogP contribution in [0.3, 0.4) is 0 Å². The average Bonchev–Trinajstić information content (AvgIpc) is 3.56. The molecule has 60 heavy (non-hydrogen) atoms. The normalized spacial score (nSPS) is 16.1. The molecular weight excluding hydrogens is 767 g/mol. The second kappa shape index (κ2) is 22.9. The summed E-state index contributed by atoms with van der Waals surface area (Å²) in [5, 5.41) is 4.01. The fraction of sp³-hybridized carbons (Fsp3) is 0.609. The molecule has 1 saturated heterocycles. The smallest absolute Gasteiger partial charge is 0.410 e. The molecule has 2 aromatic carbocycles. The molecule has 1 N–H and O–H groups in total. The summed E-state index contributed by atoms with van der Waals surface area (Å²) in [6.45, 7) is 15.4. The van der Waals surface area contributed by atoms with Crippen molar-refractivity contribution < 1.29 is 42.9 Å². The summed E-state index contributed by atoms with van der Waals surface area (Å²) in [6, 6.07) is 16.4. The number of fused-ring (bicyclic) bond motifs is 1. The van der Waals surface area contributed by atoms with Crippen LogP contribution in [-0.4, -0.2) is 140 Å². The number of aryl methyl sites for hydroxylation is 1. The first-order valence-electron chi connectivity index (χ1n) is 21.6. The Morgan fingerprint density at radius 1 is 0.783 bits per heavy atom. The van der Waals surface area contributed by atoms with Crippen LogP contribution in [0.1, 0.15) is 81.4 Å². The van der Waals surface area contributed by atoms with Gasteiger partial charge in [-0.2, -0.15) is 0 Å². The molecule has 0 spiro atoms. The van der Waals surface area contributed by atoms with Crippen molar-refractivity contribution >= 4 is 34.7 Å². The number of hydrogen-bond acceptors (Lipinski definition) is 9. The van der Waals surface area contributed by atoms with Crippen LogP contribution in [-0.2, 0) is 46.4 Å². The quantitative estimate of drug-likeness (QED) is 0.140. The van der Waals surface area contributed by atoms with Crippen molar-refractivity contribution in [3.05, 3.63) is 71.4 Å². The zero-order valence-electron chi connectivity index (χ0n) is 36.6. The first kappa shape index (κ1) is 46.6. The number of ether oxygens (including phenoxy) is 5. The van der Waals surface area contributed by atoms with Crippen molar-refractivity contribution in [1.29, 1.82) is 0 Å². The van der Waals surface area contributed by atoms with Gasteiger partial charge in [0.05, 0.1) is 52.9 Å².